The Balaban J connectivity index is 2.22. The first-order chi connectivity index (χ1) is 8.13. The van der Waals surface area contributed by atoms with Crippen LogP contribution in [0.2, 0.25) is 0 Å². The van der Waals surface area contributed by atoms with Gasteiger partial charge < -0.3 is 10.6 Å². The zero-order chi connectivity index (χ0) is 12.4. The number of nitrogen functional groups attached to an aromatic ring is 1. The van der Waals surface area contributed by atoms with E-state index in [1.165, 1.54) is 0 Å². The van der Waals surface area contributed by atoms with Gasteiger partial charge in [0, 0.05) is 18.3 Å². The van der Waals surface area contributed by atoms with Crippen LogP contribution >= 0.6 is 0 Å². The lowest BCUT2D eigenvalue weighted by molar-refractivity contribution is 0.0744. The topological polar surface area (TPSA) is 46.3 Å². The molecular weight excluding hydrogens is 212 g/mol. The van der Waals surface area contributed by atoms with Gasteiger partial charge in [0.25, 0.3) is 5.91 Å². The standard InChI is InChI=1S/C14H20N2O/c1-3-8-16(11-5-6-11)14(17)12-7-4-10(2)9-13(12)15/h4,7,9,11H,3,5-6,8,15H2,1-2H3. The summed E-state index contributed by atoms with van der Waals surface area (Å²) in [6.07, 6.45) is 3.27. The average molecular weight is 232 g/mol. The molecule has 0 radical (unpaired) electrons. The second-order valence-electron chi connectivity index (χ2n) is 4.82. The zero-order valence-corrected chi connectivity index (χ0v) is 10.6. The largest absolute Gasteiger partial charge is 0.398 e. The molecule has 0 aromatic heterocycles. The van der Waals surface area contributed by atoms with Gasteiger partial charge in [0.2, 0.25) is 0 Å². The Labute approximate surface area is 103 Å². The maximum Gasteiger partial charge on any atom is 0.256 e. The van der Waals surface area contributed by atoms with E-state index in [-0.39, 0.29) is 5.91 Å². The molecule has 3 heteroatoms. The Morgan fingerprint density at radius 3 is 2.71 bits per heavy atom. The van der Waals surface area contributed by atoms with Crippen molar-refractivity contribution in [1.29, 1.82) is 0 Å². The van der Waals surface area contributed by atoms with Crippen LogP contribution in [0, 0.1) is 6.92 Å². The minimum absolute atomic E-state index is 0.0897. The van der Waals surface area contributed by atoms with Gasteiger partial charge in [0.05, 0.1) is 5.56 Å². The second-order valence-corrected chi connectivity index (χ2v) is 4.82. The number of benzene rings is 1. The summed E-state index contributed by atoms with van der Waals surface area (Å²) in [6, 6.07) is 6.10. The Morgan fingerprint density at radius 2 is 2.18 bits per heavy atom. The lowest BCUT2D eigenvalue weighted by atomic mass is 10.1. The molecule has 2 rings (SSSR count). The van der Waals surface area contributed by atoms with Crippen LogP contribution in [0.4, 0.5) is 5.69 Å². The van der Waals surface area contributed by atoms with Crippen LogP contribution in [0.1, 0.15) is 42.1 Å². The SMILES string of the molecule is CCCN(C(=O)c1ccc(C)cc1N)C1CC1. The van der Waals surface area contributed by atoms with Crippen LogP contribution in [-0.2, 0) is 0 Å². The van der Waals surface area contributed by atoms with E-state index >= 15 is 0 Å². The summed E-state index contributed by atoms with van der Waals surface area (Å²) >= 11 is 0. The molecule has 0 atom stereocenters. The first-order valence-electron chi connectivity index (χ1n) is 6.30. The highest BCUT2D eigenvalue weighted by Crippen LogP contribution is 2.29. The number of nitrogens with two attached hydrogens (primary N) is 1. The van der Waals surface area contributed by atoms with E-state index < -0.39 is 0 Å². The predicted molar refractivity (Wildman–Crippen MR) is 69.9 cm³/mol. The average Bonchev–Trinajstić information content (AvgIpc) is 3.09. The van der Waals surface area contributed by atoms with Crippen molar-refractivity contribution in [2.45, 2.75) is 39.2 Å². The van der Waals surface area contributed by atoms with E-state index in [0.717, 1.165) is 31.4 Å². The summed E-state index contributed by atoms with van der Waals surface area (Å²) in [5, 5.41) is 0. The van der Waals surface area contributed by atoms with E-state index in [2.05, 4.69) is 6.92 Å². The molecule has 1 fully saturated rings. The molecule has 0 spiro atoms. The molecule has 1 aliphatic rings. The number of rotatable bonds is 4. The van der Waals surface area contributed by atoms with Crippen molar-refractivity contribution < 1.29 is 4.79 Å². The second kappa shape index (κ2) is 4.78. The fraction of sp³-hybridized carbons (Fsp3) is 0.500. The molecular formula is C14H20N2O. The third-order valence-corrected chi connectivity index (χ3v) is 3.15. The van der Waals surface area contributed by atoms with Crippen LogP contribution in [-0.4, -0.2) is 23.4 Å². The summed E-state index contributed by atoms with van der Waals surface area (Å²) < 4.78 is 0. The molecule has 0 saturated heterocycles. The van der Waals surface area contributed by atoms with Gasteiger partial charge in [0.15, 0.2) is 0 Å². The van der Waals surface area contributed by atoms with Crippen molar-refractivity contribution in [2.75, 3.05) is 12.3 Å². The molecule has 1 aromatic rings. The Morgan fingerprint density at radius 1 is 1.47 bits per heavy atom. The van der Waals surface area contributed by atoms with Crippen LogP contribution in [0.15, 0.2) is 18.2 Å². The Bertz CT molecular complexity index is 424. The number of amides is 1. The smallest absolute Gasteiger partial charge is 0.256 e. The molecule has 1 amide bonds. The minimum atomic E-state index is 0.0897. The van der Waals surface area contributed by atoms with Gasteiger partial charge in [-0.2, -0.15) is 0 Å². The fourth-order valence-electron chi connectivity index (χ4n) is 2.11. The van der Waals surface area contributed by atoms with Gasteiger partial charge in [-0.1, -0.05) is 13.0 Å². The van der Waals surface area contributed by atoms with E-state index in [4.69, 9.17) is 5.73 Å². The highest BCUT2D eigenvalue weighted by Gasteiger charge is 2.32. The number of carbonyl (C=O) groups excluding carboxylic acids is 1. The summed E-state index contributed by atoms with van der Waals surface area (Å²) in [7, 11) is 0. The van der Waals surface area contributed by atoms with Gasteiger partial charge in [-0.3, -0.25) is 4.79 Å². The lowest BCUT2D eigenvalue weighted by Gasteiger charge is -2.22. The summed E-state index contributed by atoms with van der Waals surface area (Å²) in [6.45, 7) is 4.91. The summed E-state index contributed by atoms with van der Waals surface area (Å²) in [5.41, 5.74) is 8.26. The Kier molecular flexibility index (Phi) is 3.36. The van der Waals surface area contributed by atoms with Gasteiger partial charge in [0.1, 0.15) is 0 Å². The minimum Gasteiger partial charge on any atom is -0.398 e. The maximum atomic E-state index is 12.4. The Hall–Kier alpha value is -1.51. The molecule has 1 aliphatic carbocycles. The van der Waals surface area contributed by atoms with Crippen molar-refractivity contribution in [2.24, 2.45) is 0 Å². The number of hydrogen-bond acceptors (Lipinski definition) is 2. The molecule has 0 unspecified atom stereocenters. The van der Waals surface area contributed by atoms with Crippen molar-refractivity contribution in [3.05, 3.63) is 29.3 Å². The number of carbonyl (C=O) groups is 1. The van der Waals surface area contributed by atoms with E-state index in [0.29, 0.717) is 17.3 Å². The monoisotopic (exact) mass is 232 g/mol. The molecule has 1 saturated carbocycles. The van der Waals surface area contributed by atoms with Crippen LogP contribution in [0.3, 0.4) is 0 Å². The van der Waals surface area contributed by atoms with Gasteiger partial charge in [-0.15, -0.1) is 0 Å². The van der Waals surface area contributed by atoms with Crippen molar-refractivity contribution in [1.82, 2.24) is 4.90 Å². The quantitative estimate of drug-likeness (QED) is 0.811. The number of anilines is 1. The number of hydrogen-bond donors (Lipinski definition) is 1. The van der Waals surface area contributed by atoms with E-state index in [9.17, 15) is 4.79 Å². The summed E-state index contributed by atoms with van der Waals surface area (Å²) in [5.74, 6) is 0.0897. The molecule has 1 aromatic carbocycles. The maximum absolute atomic E-state index is 12.4. The number of aryl methyl sites for hydroxylation is 1. The molecule has 0 heterocycles. The van der Waals surface area contributed by atoms with Crippen LogP contribution in [0.25, 0.3) is 0 Å². The molecule has 2 N–H and O–H groups in total. The normalized spacial score (nSPS) is 14.7. The van der Waals surface area contributed by atoms with Crippen LogP contribution in [0.5, 0.6) is 0 Å². The van der Waals surface area contributed by atoms with Gasteiger partial charge >= 0.3 is 0 Å². The number of nitrogens with zero attached hydrogens (tertiary/aromatic N) is 1. The fourth-order valence-corrected chi connectivity index (χ4v) is 2.11. The molecule has 3 nitrogen and oxygen atoms in total. The highest BCUT2D eigenvalue weighted by molar-refractivity contribution is 5.99. The first kappa shape index (κ1) is 12.0. The summed E-state index contributed by atoms with van der Waals surface area (Å²) in [4.78, 5) is 14.4. The van der Waals surface area contributed by atoms with Gasteiger partial charge in [-0.05, 0) is 43.9 Å². The highest BCUT2D eigenvalue weighted by atomic mass is 16.2. The van der Waals surface area contributed by atoms with Crippen LogP contribution < -0.4 is 5.73 Å². The van der Waals surface area contributed by atoms with E-state index in [1.807, 2.05) is 30.0 Å². The molecule has 0 bridgehead atoms. The van der Waals surface area contributed by atoms with Gasteiger partial charge in [-0.25, -0.2) is 0 Å². The van der Waals surface area contributed by atoms with Crippen molar-refractivity contribution >= 4 is 11.6 Å². The predicted octanol–water partition coefficient (Wildman–Crippen LogP) is 2.59. The first-order valence-corrected chi connectivity index (χ1v) is 6.30. The lowest BCUT2D eigenvalue weighted by Crippen LogP contribution is -2.34. The molecule has 0 aliphatic heterocycles. The molecule has 92 valence electrons. The van der Waals surface area contributed by atoms with Crippen molar-refractivity contribution in [3.63, 3.8) is 0 Å². The third-order valence-electron chi connectivity index (χ3n) is 3.15. The zero-order valence-electron chi connectivity index (χ0n) is 10.6. The van der Waals surface area contributed by atoms with Crippen molar-refractivity contribution in [3.8, 4) is 0 Å². The third kappa shape index (κ3) is 2.60. The molecule has 17 heavy (non-hydrogen) atoms. The van der Waals surface area contributed by atoms with E-state index in [1.54, 1.807) is 0 Å².